The number of aromatic nitrogens is 1. The quantitative estimate of drug-likeness (QED) is 0.202. The van der Waals surface area contributed by atoms with Gasteiger partial charge in [0.25, 0.3) is 0 Å². The van der Waals surface area contributed by atoms with Crippen LogP contribution in [-0.2, 0) is 16.1 Å². The molecule has 1 N–H and O–H groups in total. The monoisotopic (exact) mass is 492 g/mol. The van der Waals surface area contributed by atoms with Crippen LogP contribution in [0.5, 0.6) is 5.75 Å². The van der Waals surface area contributed by atoms with Crippen molar-refractivity contribution < 1.29 is 24.1 Å². The van der Waals surface area contributed by atoms with Gasteiger partial charge in [-0.1, -0.05) is 72.8 Å². The number of aliphatic hydroxyl groups is 1. The molecule has 4 aromatic rings. The van der Waals surface area contributed by atoms with E-state index in [2.05, 4.69) is 4.89 Å². The summed E-state index contributed by atoms with van der Waals surface area (Å²) >= 11 is 0. The molecule has 1 aromatic heterocycles. The molecule has 1 saturated carbocycles. The second-order valence-corrected chi connectivity index (χ2v) is 8.99. The Morgan fingerprint density at radius 1 is 1.03 bits per heavy atom. The first kappa shape index (κ1) is 26.2. The minimum atomic E-state index is -1.02. The van der Waals surface area contributed by atoms with Crippen LogP contribution in [-0.4, -0.2) is 51.2 Å². The zero-order valence-electron chi connectivity index (χ0n) is 20.5. The van der Waals surface area contributed by atoms with E-state index in [-0.39, 0.29) is 35.5 Å². The van der Waals surface area contributed by atoms with Crippen molar-refractivity contribution in [2.45, 2.75) is 44.1 Å². The molecule has 36 heavy (non-hydrogen) atoms. The van der Waals surface area contributed by atoms with Gasteiger partial charge in [-0.05, 0) is 37.0 Å². The van der Waals surface area contributed by atoms with Crippen molar-refractivity contribution in [2.75, 3.05) is 0 Å². The van der Waals surface area contributed by atoms with Gasteiger partial charge in [-0.15, -0.1) is 0 Å². The van der Waals surface area contributed by atoms with Gasteiger partial charge in [0.05, 0.1) is 11.5 Å². The molecule has 1 aliphatic rings. The van der Waals surface area contributed by atoms with Gasteiger partial charge < -0.3 is 9.52 Å². The van der Waals surface area contributed by atoms with Crippen LogP contribution >= 0.6 is 0 Å². The van der Waals surface area contributed by atoms with Crippen molar-refractivity contribution >= 4 is 35.5 Å². The van der Waals surface area contributed by atoms with Crippen LogP contribution < -0.4 is 4.89 Å². The average Bonchev–Trinajstić information content (AvgIpc) is 3.48. The molecule has 0 saturated heterocycles. The Bertz CT molecular complexity index is 1250. The third kappa shape index (κ3) is 5.73. The largest absolute Gasteiger partial charge is 0.440 e. The summed E-state index contributed by atoms with van der Waals surface area (Å²) in [6.07, 6.45) is 2.69. The molecule has 179 valence electrons. The van der Waals surface area contributed by atoms with E-state index in [0.29, 0.717) is 30.2 Å². The van der Waals surface area contributed by atoms with Crippen molar-refractivity contribution in [1.82, 2.24) is 4.98 Å². The molecule has 3 aromatic carbocycles. The number of carbonyl (C=O) groups is 1. The fourth-order valence-corrected chi connectivity index (χ4v) is 4.85. The van der Waals surface area contributed by atoms with E-state index in [9.17, 15) is 9.90 Å². The molecule has 7 heteroatoms. The Morgan fingerprint density at radius 2 is 1.72 bits per heavy atom. The molecule has 0 bridgehead atoms. The summed E-state index contributed by atoms with van der Waals surface area (Å²) in [5.74, 6) is 0.884. The van der Waals surface area contributed by atoms with Gasteiger partial charge >= 0.3 is 5.97 Å². The molecule has 5 rings (SSSR count). The Kier molecular flexibility index (Phi) is 8.32. The molecule has 6 nitrogen and oxygen atoms in total. The van der Waals surface area contributed by atoms with E-state index in [1.165, 1.54) is 6.92 Å². The summed E-state index contributed by atoms with van der Waals surface area (Å²) in [4.78, 5) is 25.7. The van der Waals surface area contributed by atoms with Gasteiger partial charge in [-0.3, -0.25) is 9.78 Å². The van der Waals surface area contributed by atoms with Crippen molar-refractivity contribution in [3.63, 3.8) is 0 Å². The van der Waals surface area contributed by atoms with Gasteiger partial charge in [-0.2, -0.15) is 0 Å². The Labute approximate surface area is 232 Å². The van der Waals surface area contributed by atoms with E-state index in [1.54, 1.807) is 12.1 Å². The predicted molar refractivity (Wildman–Crippen MR) is 137 cm³/mol. The Balaban J connectivity index is 0.00000304. The van der Waals surface area contributed by atoms with Crippen molar-refractivity contribution in [1.29, 1.82) is 0 Å². The average molecular weight is 493 g/mol. The minimum absolute atomic E-state index is 0. The number of nitrogens with zero attached hydrogens (tertiary/aromatic N) is 1. The minimum Gasteiger partial charge on any atom is -0.440 e. The second kappa shape index (κ2) is 11.4. The van der Waals surface area contributed by atoms with Crippen molar-refractivity contribution in [2.24, 2.45) is 0 Å². The first-order chi connectivity index (χ1) is 17.0. The fourth-order valence-electron chi connectivity index (χ4n) is 4.85. The summed E-state index contributed by atoms with van der Waals surface area (Å²) in [5.41, 5.74) is 2.55. The number of benzene rings is 3. The number of rotatable bonds is 7. The van der Waals surface area contributed by atoms with E-state index in [4.69, 9.17) is 14.3 Å². The van der Waals surface area contributed by atoms with Crippen molar-refractivity contribution in [3.8, 4) is 28.3 Å². The van der Waals surface area contributed by atoms with E-state index >= 15 is 0 Å². The maximum Gasteiger partial charge on any atom is 0.352 e. The molecular weight excluding hydrogens is 465 g/mol. The second-order valence-electron chi connectivity index (χ2n) is 8.99. The van der Waals surface area contributed by atoms with E-state index < -0.39 is 11.6 Å². The van der Waals surface area contributed by atoms with Crippen LogP contribution in [0, 0.1) is 0 Å². The molecular formula is C29H27NNaO5. The first-order valence-corrected chi connectivity index (χ1v) is 11.8. The third-order valence-electron chi connectivity index (χ3n) is 6.44. The summed E-state index contributed by atoms with van der Waals surface area (Å²) in [6, 6.07) is 27.1. The van der Waals surface area contributed by atoms with E-state index in [1.807, 2.05) is 72.8 Å². The molecule has 1 heterocycles. The molecule has 0 spiro atoms. The molecule has 1 fully saturated rings. The Morgan fingerprint density at radius 3 is 2.42 bits per heavy atom. The maximum atomic E-state index is 11.8. The first-order valence-electron chi connectivity index (χ1n) is 11.8. The summed E-state index contributed by atoms with van der Waals surface area (Å²) in [5, 5.41) is 11.8. The van der Waals surface area contributed by atoms with Crippen LogP contribution in [0.3, 0.4) is 0 Å². The van der Waals surface area contributed by atoms with Gasteiger partial charge in [0.1, 0.15) is 5.69 Å². The van der Waals surface area contributed by atoms with Gasteiger partial charge in [0.2, 0.25) is 5.89 Å². The molecule has 2 unspecified atom stereocenters. The molecule has 0 aliphatic heterocycles. The summed E-state index contributed by atoms with van der Waals surface area (Å²) in [7, 11) is 0. The van der Waals surface area contributed by atoms with Crippen LogP contribution in [0.1, 0.15) is 43.6 Å². The van der Waals surface area contributed by atoms with Crippen LogP contribution in [0.25, 0.3) is 22.6 Å². The van der Waals surface area contributed by atoms with Gasteiger partial charge in [-0.25, -0.2) is 9.78 Å². The number of hydrogen-bond acceptors (Lipinski definition) is 6. The maximum absolute atomic E-state index is 11.8. The number of carbonyl (C=O) groups excluding carboxylic acids is 1. The third-order valence-corrected chi connectivity index (χ3v) is 6.44. The van der Waals surface area contributed by atoms with Gasteiger partial charge in [0.15, 0.2) is 11.5 Å². The SMILES string of the molecule is CC(=O)OOc1cccc(CC2(O)CCCC2c2nc(-c3ccccc3)c(-c3ccccc3)o2)c1.[Na]. The number of hydrogen-bond donors (Lipinski definition) is 1. The topological polar surface area (TPSA) is 81.8 Å². The Hall–Kier alpha value is -2.90. The zero-order chi connectivity index (χ0) is 24.3. The van der Waals surface area contributed by atoms with Crippen molar-refractivity contribution in [3.05, 3.63) is 96.4 Å². The molecule has 1 radical (unpaired) electrons. The standard InChI is InChI=1S/C29H27NO5.Na/c1-20(31)34-35-24-15-8-10-21(18-24)19-29(32)17-9-16-25(29)28-30-26(22-11-4-2-5-12-22)27(33-28)23-13-6-3-7-14-23;/h2-8,10-15,18,25,32H,9,16-17,19H2,1H3;. The fraction of sp³-hybridized carbons (Fsp3) is 0.241. The molecule has 1 aliphatic carbocycles. The van der Waals surface area contributed by atoms with Gasteiger partial charge in [0, 0.05) is 54.0 Å². The molecule has 0 amide bonds. The summed E-state index contributed by atoms with van der Waals surface area (Å²) in [6.45, 7) is 1.28. The zero-order valence-corrected chi connectivity index (χ0v) is 22.5. The summed E-state index contributed by atoms with van der Waals surface area (Å²) < 4.78 is 6.41. The predicted octanol–water partition coefficient (Wildman–Crippen LogP) is 5.73. The van der Waals surface area contributed by atoms with Crippen LogP contribution in [0.2, 0.25) is 0 Å². The van der Waals surface area contributed by atoms with Crippen LogP contribution in [0.4, 0.5) is 0 Å². The van der Waals surface area contributed by atoms with E-state index in [0.717, 1.165) is 35.2 Å². The smallest absolute Gasteiger partial charge is 0.352 e. The molecule has 2 atom stereocenters. The normalized spacial score (nSPS) is 18.9. The van der Waals surface area contributed by atoms with Crippen LogP contribution in [0.15, 0.2) is 89.3 Å². The number of oxazole rings is 1.